The summed E-state index contributed by atoms with van der Waals surface area (Å²) >= 11 is 0. The zero-order valence-electron chi connectivity index (χ0n) is 18.8. The Bertz CT molecular complexity index is 594. The summed E-state index contributed by atoms with van der Waals surface area (Å²) in [6.07, 6.45) is 1.25. The molecule has 2 unspecified atom stereocenters. The summed E-state index contributed by atoms with van der Waals surface area (Å²) in [5.41, 5.74) is 1.28. The monoisotopic (exact) mass is 387 g/mol. The predicted octanol–water partition coefficient (Wildman–Crippen LogP) is 3.35. The Balaban J connectivity index is 1.84. The van der Waals surface area contributed by atoms with Crippen LogP contribution in [0.4, 0.5) is 0 Å². The maximum absolute atomic E-state index is 4.55. The minimum absolute atomic E-state index is 0.0362. The molecule has 0 spiro atoms. The van der Waals surface area contributed by atoms with Crippen LogP contribution in [0.3, 0.4) is 0 Å². The van der Waals surface area contributed by atoms with Crippen molar-refractivity contribution in [2.45, 2.75) is 52.6 Å². The third-order valence-electron chi connectivity index (χ3n) is 5.80. The first-order valence-corrected chi connectivity index (χ1v) is 10.9. The highest BCUT2D eigenvalue weighted by Crippen LogP contribution is 2.19. The second-order valence-corrected chi connectivity index (χ2v) is 8.65. The van der Waals surface area contributed by atoms with E-state index in [2.05, 4.69) is 90.4 Å². The number of nitrogens with one attached hydrogen (secondary N) is 2. The molecule has 1 aliphatic rings. The van der Waals surface area contributed by atoms with E-state index in [0.29, 0.717) is 6.04 Å². The van der Waals surface area contributed by atoms with Crippen LogP contribution in [0.25, 0.3) is 0 Å². The van der Waals surface area contributed by atoms with Gasteiger partial charge in [0.15, 0.2) is 5.96 Å². The Hall–Kier alpha value is -1.59. The Labute approximate surface area is 172 Å². The minimum Gasteiger partial charge on any atom is -0.354 e. The Kier molecular flexibility index (Phi) is 8.77. The van der Waals surface area contributed by atoms with Crippen molar-refractivity contribution in [2.75, 3.05) is 46.3 Å². The van der Waals surface area contributed by atoms with E-state index >= 15 is 0 Å². The molecule has 5 heteroatoms. The molecular formula is C23H41N5. The molecule has 2 rings (SSSR count). The molecular weight excluding hydrogens is 346 g/mol. The van der Waals surface area contributed by atoms with Gasteiger partial charge in [-0.25, -0.2) is 0 Å². The first-order valence-electron chi connectivity index (χ1n) is 10.9. The van der Waals surface area contributed by atoms with E-state index in [0.717, 1.165) is 44.6 Å². The van der Waals surface area contributed by atoms with Crippen LogP contribution < -0.4 is 10.6 Å². The molecule has 0 aliphatic carbocycles. The van der Waals surface area contributed by atoms with Gasteiger partial charge in [0.25, 0.3) is 0 Å². The molecule has 158 valence electrons. The highest BCUT2D eigenvalue weighted by atomic mass is 15.3. The first-order chi connectivity index (χ1) is 13.4. The smallest absolute Gasteiger partial charge is 0.193 e. The van der Waals surface area contributed by atoms with Crippen molar-refractivity contribution in [3.63, 3.8) is 0 Å². The number of nitrogens with zero attached hydrogens (tertiary/aromatic N) is 3. The number of guanidine groups is 1. The van der Waals surface area contributed by atoms with E-state index < -0.39 is 0 Å². The molecule has 1 aliphatic heterocycles. The largest absolute Gasteiger partial charge is 0.354 e. The maximum atomic E-state index is 4.55. The van der Waals surface area contributed by atoms with Gasteiger partial charge in [-0.15, -0.1) is 0 Å². The number of hydrogen-bond donors (Lipinski definition) is 2. The zero-order chi connectivity index (χ0) is 20.6. The number of benzene rings is 1. The second-order valence-electron chi connectivity index (χ2n) is 8.65. The maximum Gasteiger partial charge on any atom is 0.193 e. The van der Waals surface area contributed by atoms with Crippen LogP contribution in [-0.2, 0) is 0 Å². The van der Waals surface area contributed by atoms with Crippen LogP contribution in [-0.4, -0.2) is 67.6 Å². The minimum atomic E-state index is -0.0362. The molecule has 0 radical (unpaired) electrons. The van der Waals surface area contributed by atoms with Gasteiger partial charge in [-0.3, -0.25) is 4.99 Å². The highest BCUT2D eigenvalue weighted by Gasteiger charge is 2.27. The van der Waals surface area contributed by atoms with Crippen LogP contribution in [0, 0.1) is 5.92 Å². The summed E-state index contributed by atoms with van der Waals surface area (Å²) in [5.74, 6) is 1.77. The first kappa shape index (κ1) is 22.7. The Morgan fingerprint density at radius 2 is 1.93 bits per heavy atom. The van der Waals surface area contributed by atoms with Crippen molar-refractivity contribution in [1.82, 2.24) is 20.4 Å². The van der Waals surface area contributed by atoms with Gasteiger partial charge in [0.2, 0.25) is 0 Å². The van der Waals surface area contributed by atoms with Crippen molar-refractivity contribution in [1.29, 1.82) is 0 Å². The van der Waals surface area contributed by atoms with Crippen molar-refractivity contribution in [2.24, 2.45) is 10.9 Å². The van der Waals surface area contributed by atoms with E-state index in [1.165, 1.54) is 18.5 Å². The van der Waals surface area contributed by atoms with Crippen molar-refractivity contribution in [3.8, 4) is 0 Å². The molecule has 2 N–H and O–H groups in total. The van der Waals surface area contributed by atoms with Gasteiger partial charge in [-0.1, -0.05) is 44.2 Å². The van der Waals surface area contributed by atoms with Gasteiger partial charge in [0.05, 0.1) is 0 Å². The average molecular weight is 388 g/mol. The highest BCUT2D eigenvalue weighted by molar-refractivity contribution is 5.80. The molecule has 0 bridgehead atoms. The van der Waals surface area contributed by atoms with Crippen LogP contribution in [0.15, 0.2) is 35.3 Å². The van der Waals surface area contributed by atoms with E-state index in [1.807, 2.05) is 7.05 Å². The summed E-state index contributed by atoms with van der Waals surface area (Å²) in [5, 5.41) is 7.36. The van der Waals surface area contributed by atoms with Crippen molar-refractivity contribution >= 4 is 5.96 Å². The fourth-order valence-electron chi connectivity index (χ4n) is 4.12. The molecule has 1 aromatic carbocycles. The molecule has 1 heterocycles. The van der Waals surface area contributed by atoms with Crippen LogP contribution in [0.1, 0.15) is 52.6 Å². The van der Waals surface area contributed by atoms with Gasteiger partial charge in [0.1, 0.15) is 0 Å². The molecule has 0 amide bonds. The molecule has 0 saturated carbocycles. The van der Waals surface area contributed by atoms with Crippen LogP contribution in [0.2, 0.25) is 0 Å². The van der Waals surface area contributed by atoms with Gasteiger partial charge in [-0.05, 0) is 51.8 Å². The summed E-state index contributed by atoms with van der Waals surface area (Å²) in [6.45, 7) is 17.7. The number of hydrogen-bond acceptors (Lipinski definition) is 3. The van der Waals surface area contributed by atoms with E-state index in [1.54, 1.807) is 0 Å². The summed E-state index contributed by atoms with van der Waals surface area (Å²) in [4.78, 5) is 9.51. The van der Waals surface area contributed by atoms with Crippen LogP contribution in [0.5, 0.6) is 0 Å². The summed E-state index contributed by atoms with van der Waals surface area (Å²) in [6, 6.07) is 10.9. The van der Waals surface area contributed by atoms with Gasteiger partial charge >= 0.3 is 0 Å². The Morgan fingerprint density at radius 3 is 2.54 bits per heavy atom. The van der Waals surface area contributed by atoms with Gasteiger partial charge < -0.3 is 20.4 Å². The van der Waals surface area contributed by atoms with E-state index in [4.69, 9.17) is 0 Å². The molecule has 0 aromatic heterocycles. The standard InChI is InChI=1S/C23H41N5/c1-7-27(8-2)16-20-14-15-28(17-20)22(24-6)25-18-23(4,5)26-19(3)21-12-10-9-11-13-21/h9-13,19-20,26H,7-8,14-18H2,1-6H3,(H,24,25). The average Bonchev–Trinajstić information content (AvgIpc) is 3.15. The topological polar surface area (TPSA) is 42.9 Å². The van der Waals surface area contributed by atoms with Crippen LogP contribution >= 0.6 is 0 Å². The quantitative estimate of drug-likeness (QED) is 0.504. The Morgan fingerprint density at radius 1 is 1.25 bits per heavy atom. The lowest BCUT2D eigenvalue weighted by Crippen LogP contribution is -2.52. The fourth-order valence-corrected chi connectivity index (χ4v) is 4.12. The summed E-state index contributed by atoms with van der Waals surface area (Å²) < 4.78 is 0. The third-order valence-corrected chi connectivity index (χ3v) is 5.80. The molecule has 1 aromatic rings. The van der Waals surface area contributed by atoms with Crippen molar-refractivity contribution in [3.05, 3.63) is 35.9 Å². The molecule has 28 heavy (non-hydrogen) atoms. The number of rotatable bonds is 9. The second kappa shape index (κ2) is 10.8. The lowest BCUT2D eigenvalue weighted by atomic mass is 10.0. The SMILES string of the molecule is CCN(CC)CC1CCN(C(=NC)NCC(C)(C)NC(C)c2ccccc2)C1. The van der Waals surface area contributed by atoms with Gasteiger partial charge in [0, 0.05) is 44.8 Å². The normalized spacial score (nSPS) is 19.3. The molecule has 1 fully saturated rings. The molecule has 1 saturated heterocycles. The third kappa shape index (κ3) is 6.78. The lowest BCUT2D eigenvalue weighted by Gasteiger charge is -2.33. The predicted molar refractivity (Wildman–Crippen MR) is 121 cm³/mol. The zero-order valence-corrected chi connectivity index (χ0v) is 18.8. The summed E-state index contributed by atoms with van der Waals surface area (Å²) in [7, 11) is 1.90. The van der Waals surface area contributed by atoms with E-state index in [-0.39, 0.29) is 5.54 Å². The lowest BCUT2D eigenvalue weighted by molar-refractivity contribution is 0.255. The fraction of sp³-hybridized carbons (Fsp3) is 0.696. The number of aliphatic imine (C=N–C) groups is 1. The van der Waals surface area contributed by atoms with E-state index in [9.17, 15) is 0 Å². The molecule has 2 atom stereocenters. The van der Waals surface area contributed by atoms with Crippen molar-refractivity contribution < 1.29 is 0 Å². The number of likely N-dealkylation sites (tertiary alicyclic amines) is 1. The van der Waals surface area contributed by atoms with Gasteiger partial charge in [-0.2, -0.15) is 0 Å². The molecule has 5 nitrogen and oxygen atoms in total.